The number of nitrogens with one attached hydrogen (secondary N) is 1. The third-order valence-corrected chi connectivity index (χ3v) is 5.59. The van der Waals surface area contributed by atoms with Crippen LogP contribution in [0.15, 0.2) is 35.7 Å². The molecule has 1 aromatic heterocycles. The molecule has 7 heteroatoms. The van der Waals surface area contributed by atoms with E-state index in [0.29, 0.717) is 13.1 Å². The van der Waals surface area contributed by atoms with Crippen LogP contribution >= 0.6 is 0 Å². The molecule has 0 bridgehead atoms. The second kappa shape index (κ2) is 6.64. The molecule has 1 aromatic carbocycles. The average Bonchev–Trinajstić information content (AvgIpc) is 3.01. The summed E-state index contributed by atoms with van der Waals surface area (Å²) >= 11 is 0. The molecule has 2 aromatic rings. The van der Waals surface area contributed by atoms with Gasteiger partial charge in [0.2, 0.25) is 10.0 Å². The summed E-state index contributed by atoms with van der Waals surface area (Å²) in [4.78, 5) is 4.35. The topological polar surface area (TPSA) is 79.0 Å². The summed E-state index contributed by atoms with van der Waals surface area (Å²) in [7, 11) is -3.38. The molecule has 6 nitrogen and oxygen atoms in total. The maximum absolute atomic E-state index is 12.4. The van der Waals surface area contributed by atoms with E-state index in [-0.39, 0.29) is 5.92 Å². The van der Waals surface area contributed by atoms with Crippen LogP contribution < -0.4 is 0 Å². The number of aryl methyl sites for hydroxylation is 1. The lowest BCUT2D eigenvalue weighted by Crippen LogP contribution is -2.36. The van der Waals surface area contributed by atoms with Crippen molar-refractivity contribution in [2.45, 2.75) is 25.7 Å². The van der Waals surface area contributed by atoms with Gasteiger partial charge in [0.05, 0.1) is 0 Å². The van der Waals surface area contributed by atoms with Crippen LogP contribution in [-0.2, 0) is 10.0 Å². The number of aromatic amines is 1. The molecule has 0 unspecified atom stereocenters. The molecule has 0 saturated carbocycles. The molecule has 23 heavy (non-hydrogen) atoms. The zero-order chi connectivity index (χ0) is 16.3. The number of nitrogens with zero attached hydrogens (tertiary/aromatic N) is 3. The highest BCUT2D eigenvalue weighted by atomic mass is 32.2. The SMILES string of the molecule is Cc1nc(C2CCN(S(=O)(=O)/C=C/c3ccccc3)CC2)n[nH]1. The maximum atomic E-state index is 12.4. The monoisotopic (exact) mass is 332 g/mol. The molecule has 1 N–H and O–H groups in total. The highest BCUT2D eigenvalue weighted by molar-refractivity contribution is 7.92. The quantitative estimate of drug-likeness (QED) is 0.932. The Kier molecular flexibility index (Phi) is 4.58. The average molecular weight is 332 g/mol. The van der Waals surface area contributed by atoms with Crippen molar-refractivity contribution in [1.29, 1.82) is 0 Å². The molecule has 0 amide bonds. The Morgan fingerprint density at radius 3 is 2.52 bits per heavy atom. The van der Waals surface area contributed by atoms with Gasteiger partial charge in [-0.25, -0.2) is 13.4 Å². The first-order chi connectivity index (χ1) is 11.0. The van der Waals surface area contributed by atoms with Gasteiger partial charge in [0, 0.05) is 24.4 Å². The van der Waals surface area contributed by atoms with Crippen molar-refractivity contribution in [2.24, 2.45) is 0 Å². The second-order valence-corrected chi connectivity index (χ2v) is 7.53. The number of benzene rings is 1. The molecular weight excluding hydrogens is 312 g/mol. The Labute approximate surface area is 136 Å². The van der Waals surface area contributed by atoms with Crippen LogP contribution in [0.5, 0.6) is 0 Å². The summed E-state index contributed by atoms with van der Waals surface area (Å²) < 4.78 is 26.3. The first-order valence-corrected chi connectivity index (χ1v) is 9.17. The first-order valence-electron chi connectivity index (χ1n) is 7.67. The van der Waals surface area contributed by atoms with Gasteiger partial charge < -0.3 is 0 Å². The smallest absolute Gasteiger partial charge is 0.236 e. The summed E-state index contributed by atoms with van der Waals surface area (Å²) in [6.07, 6.45) is 3.13. The minimum atomic E-state index is -3.38. The van der Waals surface area contributed by atoms with Gasteiger partial charge in [-0.15, -0.1) is 0 Å². The van der Waals surface area contributed by atoms with Gasteiger partial charge in [-0.3, -0.25) is 5.10 Å². The lowest BCUT2D eigenvalue weighted by Gasteiger charge is -2.28. The molecule has 3 rings (SSSR count). The predicted octanol–water partition coefficient (Wildman–Crippen LogP) is 2.29. The van der Waals surface area contributed by atoms with Crippen LogP contribution in [-0.4, -0.2) is 41.0 Å². The fourth-order valence-electron chi connectivity index (χ4n) is 2.73. The fraction of sp³-hybridized carbons (Fsp3) is 0.375. The minimum Gasteiger partial charge on any atom is -0.263 e. The lowest BCUT2D eigenvalue weighted by atomic mass is 9.98. The molecule has 0 aliphatic carbocycles. The van der Waals surface area contributed by atoms with E-state index >= 15 is 0 Å². The number of hydrogen-bond donors (Lipinski definition) is 1. The van der Waals surface area contributed by atoms with Gasteiger partial charge in [-0.1, -0.05) is 30.3 Å². The highest BCUT2D eigenvalue weighted by Crippen LogP contribution is 2.27. The van der Waals surface area contributed by atoms with E-state index < -0.39 is 10.0 Å². The zero-order valence-corrected chi connectivity index (χ0v) is 13.8. The molecule has 1 aliphatic heterocycles. The predicted molar refractivity (Wildman–Crippen MR) is 89.1 cm³/mol. The van der Waals surface area contributed by atoms with Crippen molar-refractivity contribution in [3.8, 4) is 0 Å². The van der Waals surface area contributed by atoms with E-state index in [1.54, 1.807) is 6.08 Å². The largest absolute Gasteiger partial charge is 0.263 e. The van der Waals surface area contributed by atoms with Crippen LogP contribution in [0, 0.1) is 6.92 Å². The van der Waals surface area contributed by atoms with Crippen LogP contribution in [0.4, 0.5) is 0 Å². The lowest BCUT2D eigenvalue weighted by molar-refractivity contribution is 0.317. The van der Waals surface area contributed by atoms with E-state index in [2.05, 4.69) is 15.2 Å². The zero-order valence-electron chi connectivity index (χ0n) is 13.0. The van der Waals surface area contributed by atoms with Gasteiger partial charge >= 0.3 is 0 Å². The van der Waals surface area contributed by atoms with Crippen LogP contribution in [0.1, 0.15) is 36.0 Å². The van der Waals surface area contributed by atoms with E-state index in [9.17, 15) is 8.42 Å². The van der Waals surface area contributed by atoms with Gasteiger partial charge in [0.25, 0.3) is 0 Å². The normalized spacial score (nSPS) is 17.8. The summed E-state index contributed by atoms with van der Waals surface area (Å²) in [5.74, 6) is 1.81. The standard InChI is InChI=1S/C16H20N4O2S/c1-13-17-16(19-18-13)15-7-10-20(11-8-15)23(21,22)12-9-14-5-3-2-4-6-14/h2-6,9,12,15H,7-8,10-11H2,1H3,(H,17,18,19)/b12-9+. The molecular formula is C16H20N4O2S. The molecule has 0 atom stereocenters. The fourth-order valence-corrected chi connectivity index (χ4v) is 3.95. The number of piperidine rings is 1. The van der Waals surface area contributed by atoms with Crippen molar-refractivity contribution < 1.29 is 8.42 Å². The van der Waals surface area contributed by atoms with Crippen molar-refractivity contribution in [2.75, 3.05) is 13.1 Å². The number of H-pyrrole nitrogens is 1. The molecule has 0 spiro atoms. The van der Waals surface area contributed by atoms with Crippen molar-refractivity contribution in [1.82, 2.24) is 19.5 Å². The van der Waals surface area contributed by atoms with Gasteiger partial charge in [0.15, 0.2) is 5.82 Å². The van der Waals surface area contributed by atoms with Crippen LogP contribution in [0.2, 0.25) is 0 Å². The molecule has 1 fully saturated rings. The van der Waals surface area contributed by atoms with Crippen LogP contribution in [0.3, 0.4) is 0 Å². The summed E-state index contributed by atoms with van der Waals surface area (Å²) in [5, 5.41) is 8.32. The third kappa shape index (κ3) is 3.86. The Morgan fingerprint density at radius 1 is 1.22 bits per heavy atom. The van der Waals surface area contributed by atoms with Gasteiger partial charge in [-0.05, 0) is 31.4 Å². The first kappa shape index (κ1) is 15.9. The Morgan fingerprint density at radius 2 is 1.91 bits per heavy atom. The highest BCUT2D eigenvalue weighted by Gasteiger charge is 2.28. The Bertz CT molecular complexity index is 775. The second-order valence-electron chi connectivity index (χ2n) is 5.71. The van der Waals surface area contributed by atoms with E-state index in [0.717, 1.165) is 30.1 Å². The minimum absolute atomic E-state index is 0.226. The van der Waals surface area contributed by atoms with Crippen molar-refractivity contribution >= 4 is 16.1 Å². The van der Waals surface area contributed by atoms with Gasteiger partial charge in [-0.2, -0.15) is 9.40 Å². The Hall–Kier alpha value is -1.99. The molecule has 0 radical (unpaired) electrons. The summed E-state index contributed by atoms with van der Waals surface area (Å²) in [6.45, 7) is 2.86. The summed E-state index contributed by atoms with van der Waals surface area (Å²) in [6, 6.07) is 9.43. The maximum Gasteiger partial charge on any atom is 0.236 e. The van der Waals surface area contributed by atoms with E-state index in [1.807, 2.05) is 37.3 Å². The molecule has 122 valence electrons. The number of aromatic nitrogens is 3. The van der Waals surface area contributed by atoms with E-state index in [4.69, 9.17) is 0 Å². The number of hydrogen-bond acceptors (Lipinski definition) is 4. The van der Waals surface area contributed by atoms with Crippen LogP contribution in [0.25, 0.3) is 6.08 Å². The van der Waals surface area contributed by atoms with E-state index in [1.165, 1.54) is 9.71 Å². The third-order valence-electron chi connectivity index (χ3n) is 4.03. The van der Waals surface area contributed by atoms with Crippen molar-refractivity contribution in [3.63, 3.8) is 0 Å². The number of rotatable bonds is 4. The number of sulfonamides is 1. The van der Waals surface area contributed by atoms with Crippen molar-refractivity contribution in [3.05, 3.63) is 53.0 Å². The molecule has 1 aliphatic rings. The Balaban J connectivity index is 1.63. The van der Waals surface area contributed by atoms with Gasteiger partial charge in [0.1, 0.15) is 5.82 Å². The molecule has 1 saturated heterocycles. The summed E-state index contributed by atoms with van der Waals surface area (Å²) in [5.41, 5.74) is 0.877. The molecule has 2 heterocycles.